The Morgan fingerprint density at radius 2 is 2.00 bits per heavy atom. The van der Waals surface area contributed by atoms with Gasteiger partial charge in [-0.2, -0.15) is 9.50 Å². The molecule has 3 aromatic heterocycles. The molecule has 4 heterocycles. The van der Waals surface area contributed by atoms with Gasteiger partial charge in [-0.05, 0) is 13.1 Å². The zero-order valence-electron chi connectivity index (χ0n) is 13.6. The van der Waals surface area contributed by atoms with Crippen LogP contribution in [-0.2, 0) is 11.3 Å². The smallest absolute Gasteiger partial charge is 0.230 e. The van der Waals surface area contributed by atoms with Crippen LogP contribution in [0.1, 0.15) is 5.82 Å². The second kappa shape index (κ2) is 6.12. The summed E-state index contributed by atoms with van der Waals surface area (Å²) in [6.07, 6.45) is 1.60. The average Bonchev–Trinajstić information content (AvgIpc) is 2.99. The molecule has 1 aliphatic rings. The summed E-state index contributed by atoms with van der Waals surface area (Å²) < 4.78 is 6.95. The van der Waals surface area contributed by atoms with Gasteiger partial charge in [0.15, 0.2) is 17.1 Å². The predicted octanol–water partition coefficient (Wildman–Crippen LogP) is 1.22. The monoisotopic (exact) mass is 347 g/mol. The van der Waals surface area contributed by atoms with E-state index in [1.165, 1.54) is 0 Å². The number of fused-ring (bicyclic) bond motifs is 3. The number of hydrogen-bond acceptors (Lipinski definition) is 7. The third-order valence-corrected chi connectivity index (χ3v) is 4.39. The molecule has 1 aliphatic heterocycles. The molecule has 0 amide bonds. The van der Waals surface area contributed by atoms with Crippen molar-refractivity contribution in [1.82, 2.24) is 29.5 Å². The Labute approximate surface area is 144 Å². The minimum atomic E-state index is 0.347. The Morgan fingerprint density at radius 1 is 1.21 bits per heavy atom. The highest BCUT2D eigenvalue weighted by atomic mass is 35.5. The van der Waals surface area contributed by atoms with Crippen LogP contribution in [0.15, 0.2) is 12.3 Å². The Morgan fingerprint density at radius 3 is 2.75 bits per heavy atom. The van der Waals surface area contributed by atoms with Gasteiger partial charge < -0.3 is 14.5 Å². The number of piperazine rings is 1. The number of rotatable bonds is 3. The molecular formula is C15H18ClN7O. The van der Waals surface area contributed by atoms with Crippen LogP contribution in [-0.4, -0.2) is 69.8 Å². The van der Waals surface area contributed by atoms with E-state index in [1.54, 1.807) is 17.8 Å². The summed E-state index contributed by atoms with van der Waals surface area (Å²) in [5, 5.41) is 5.91. The lowest BCUT2D eigenvalue weighted by atomic mass is 10.3. The van der Waals surface area contributed by atoms with Gasteiger partial charge in [-0.25, -0.2) is 9.97 Å². The molecule has 0 radical (unpaired) electrons. The minimum absolute atomic E-state index is 0.347. The normalized spacial score (nSPS) is 16.4. The average molecular weight is 348 g/mol. The van der Waals surface area contributed by atoms with Gasteiger partial charge in [0.1, 0.15) is 6.61 Å². The summed E-state index contributed by atoms with van der Waals surface area (Å²) in [6.45, 7) is 4.08. The fourth-order valence-electron chi connectivity index (χ4n) is 2.90. The molecule has 0 N–H and O–H groups in total. The first-order valence-corrected chi connectivity index (χ1v) is 8.17. The van der Waals surface area contributed by atoms with E-state index in [0.29, 0.717) is 28.7 Å². The van der Waals surface area contributed by atoms with Gasteiger partial charge in [0.05, 0.1) is 10.4 Å². The fraction of sp³-hybridized carbons (Fsp3) is 0.467. The Hall–Kier alpha value is -2.03. The number of hydrogen-bond donors (Lipinski definition) is 0. The number of nitrogens with zero attached hydrogens (tertiary/aromatic N) is 7. The highest BCUT2D eigenvalue weighted by Crippen LogP contribution is 2.24. The molecule has 0 aliphatic carbocycles. The largest absolute Gasteiger partial charge is 0.377 e. The van der Waals surface area contributed by atoms with E-state index in [9.17, 15) is 0 Å². The SMILES string of the molecule is COCc1nc2c3cc(Cl)cnc3nc(N3CCN(C)CC3)n2n1. The Balaban J connectivity index is 1.91. The number of likely N-dealkylation sites (N-methyl/N-ethyl adjacent to an activating group) is 1. The molecule has 8 nitrogen and oxygen atoms in total. The van der Waals surface area contributed by atoms with Crippen molar-refractivity contribution in [2.75, 3.05) is 45.2 Å². The van der Waals surface area contributed by atoms with Gasteiger partial charge in [-0.15, -0.1) is 5.10 Å². The maximum atomic E-state index is 6.10. The first kappa shape index (κ1) is 15.5. The van der Waals surface area contributed by atoms with Crippen LogP contribution < -0.4 is 4.90 Å². The van der Waals surface area contributed by atoms with Crippen LogP contribution in [0.4, 0.5) is 5.95 Å². The molecule has 0 aromatic carbocycles. The minimum Gasteiger partial charge on any atom is -0.377 e. The van der Waals surface area contributed by atoms with E-state index in [4.69, 9.17) is 21.3 Å². The first-order chi connectivity index (χ1) is 11.7. The van der Waals surface area contributed by atoms with Crippen molar-refractivity contribution in [3.63, 3.8) is 0 Å². The predicted molar refractivity (Wildman–Crippen MR) is 91.5 cm³/mol. The summed E-state index contributed by atoms with van der Waals surface area (Å²) in [6, 6.07) is 1.82. The van der Waals surface area contributed by atoms with Crippen molar-refractivity contribution in [3.05, 3.63) is 23.1 Å². The lowest BCUT2D eigenvalue weighted by molar-refractivity contribution is 0.178. The number of methoxy groups -OCH3 is 1. The molecule has 0 unspecified atom stereocenters. The molecule has 3 aromatic rings. The van der Waals surface area contributed by atoms with Crippen molar-refractivity contribution in [2.24, 2.45) is 0 Å². The number of halogens is 1. The van der Waals surface area contributed by atoms with E-state index >= 15 is 0 Å². The van der Waals surface area contributed by atoms with E-state index in [0.717, 1.165) is 37.5 Å². The topological polar surface area (TPSA) is 71.7 Å². The number of anilines is 1. The van der Waals surface area contributed by atoms with Gasteiger partial charge in [0.2, 0.25) is 5.95 Å². The zero-order valence-corrected chi connectivity index (χ0v) is 14.4. The molecule has 1 saturated heterocycles. The summed E-state index contributed by atoms with van der Waals surface area (Å²) >= 11 is 6.10. The molecule has 24 heavy (non-hydrogen) atoms. The molecule has 1 fully saturated rings. The number of aromatic nitrogens is 5. The van der Waals surface area contributed by atoms with E-state index in [2.05, 4.69) is 31.9 Å². The quantitative estimate of drug-likeness (QED) is 0.705. The standard InChI is InChI=1S/C15H18ClN7O/c1-21-3-5-22(6-4-21)15-19-13-11(7-10(16)8-17-13)14-18-12(9-24-2)20-23(14)15/h7-8H,3-6,9H2,1-2H3. The molecule has 9 heteroatoms. The van der Waals surface area contributed by atoms with Crippen molar-refractivity contribution in [3.8, 4) is 0 Å². The zero-order chi connectivity index (χ0) is 16.7. The van der Waals surface area contributed by atoms with Crippen molar-refractivity contribution < 1.29 is 4.74 Å². The molecule has 0 bridgehead atoms. The molecule has 0 spiro atoms. The Kier molecular flexibility index (Phi) is 3.95. The van der Waals surface area contributed by atoms with Crippen molar-refractivity contribution >= 4 is 34.2 Å². The third kappa shape index (κ3) is 2.66. The maximum absolute atomic E-state index is 6.10. The molecule has 4 rings (SSSR count). The molecule has 126 valence electrons. The fourth-order valence-corrected chi connectivity index (χ4v) is 3.06. The van der Waals surface area contributed by atoms with Gasteiger partial charge in [0, 0.05) is 39.5 Å². The first-order valence-electron chi connectivity index (χ1n) is 7.79. The summed E-state index contributed by atoms with van der Waals surface area (Å²) in [7, 11) is 3.75. The number of ether oxygens (including phenoxy) is 1. The summed E-state index contributed by atoms with van der Waals surface area (Å²) in [4.78, 5) is 18.2. The van der Waals surface area contributed by atoms with E-state index in [1.807, 2.05) is 6.07 Å². The molecule has 0 atom stereocenters. The summed E-state index contributed by atoms with van der Waals surface area (Å²) in [5.74, 6) is 1.37. The van der Waals surface area contributed by atoms with Crippen molar-refractivity contribution in [2.45, 2.75) is 6.61 Å². The maximum Gasteiger partial charge on any atom is 0.230 e. The van der Waals surface area contributed by atoms with E-state index < -0.39 is 0 Å². The van der Waals surface area contributed by atoms with Gasteiger partial charge >= 0.3 is 0 Å². The second-order valence-electron chi connectivity index (χ2n) is 5.92. The van der Waals surface area contributed by atoms with Crippen LogP contribution in [0.3, 0.4) is 0 Å². The van der Waals surface area contributed by atoms with Crippen LogP contribution in [0.5, 0.6) is 0 Å². The number of pyridine rings is 1. The van der Waals surface area contributed by atoms with Gasteiger partial charge in [-0.3, -0.25) is 0 Å². The van der Waals surface area contributed by atoms with Crippen LogP contribution >= 0.6 is 11.6 Å². The highest BCUT2D eigenvalue weighted by molar-refractivity contribution is 6.31. The van der Waals surface area contributed by atoms with Gasteiger partial charge in [-0.1, -0.05) is 11.6 Å². The second-order valence-corrected chi connectivity index (χ2v) is 6.36. The van der Waals surface area contributed by atoms with E-state index in [-0.39, 0.29) is 0 Å². The Bertz CT molecular complexity index is 888. The lowest BCUT2D eigenvalue weighted by Gasteiger charge is -2.32. The highest BCUT2D eigenvalue weighted by Gasteiger charge is 2.22. The summed E-state index contributed by atoms with van der Waals surface area (Å²) in [5.41, 5.74) is 1.33. The van der Waals surface area contributed by atoms with Gasteiger partial charge in [0.25, 0.3) is 0 Å². The lowest BCUT2D eigenvalue weighted by Crippen LogP contribution is -2.45. The van der Waals surface area contributed by atoms with Crippen LogP contribution in [0, 0.1) is 0 Å². The third-order valence-electron chi connectivity index (χ3n) is 4.18. The molecule has 0 saturated carbocycles. The van der Waals surface area contributed by atoms with Crippen LogP contribution in [0.2, 0.25) is 5.02 Å². The van der Waals surface area contributed by atoms with Crippen LogP contribution in [0.25, 0.3) is 16.7 Å². The van der Waals surface area contributed by atoms with Crippen molar-refractivity contribution in [1.29, 1.82) is 0 Å². The molecular weight excluding hydrogens is 330 g/mol.